The molecular formula is C19H23NO4. The molecule has 3 rings (SSSR count). The molecule has 5 heteroatoms. The van der Waals surface area contributed by atoms with Crippen LogP contribution in [-0.4, -0.2) is 32.5 Å². The number of phenolic OH excluding ortho intramolecular Hbond substituents is 1. The fourth-order valence-corrected chi connectivity index (χ4v) is 3.16. The molecule has 1 aliphatic rings. The van der Waals surface area contributed by atoms with Crippen molar-refractivity contribution < 1.29 is 19.3 Å². The van der Waals surface area contributed by atoms with Crippen LogP contribution in [0, 0.1) is 0 Å². The van der Waals surface area contributed by atoms with E-state index in [4.69, 9.17) is 14.2 Å². The number of hydrogen-bond acceptors (Lipinski definition) is 5. The summed E-state index contributed by atoms with van der Waals surface area (Å²) in [6.45, 7) is 3.28. The lowest BCUT2D eigenvalue weighted by Crippen LogP contribution is -2.30. The Labute approximate surface area is 142 Å². The van der Waals surface area contributed by atoms with E-state index in [2.05, 4.69) is 5.32 Å². The minimum atomic E-state index is 0.0216. The van der Waals surface area contributed by atoms with Gasteiger partial charge < -0.3 is 24.6 Å². The van der Waals surface area contributed by atoms with E-state index in [1.54, 1.807) is 20.3 Å². The van der Waals surface area contributed by atoms with Crippen molar-refractivity contribution in [3.8, 4) is 23.0 Å². The van der Waals surface area contributed by atoms with E-state index in [1.165, 1.54) is 5.56 Å². The van der Waals surface area contributed by atoms with Crippen molar-refractivity contribution >= 4 is 0 Å². The Kier molecular flexibility index (Phi) is 4.81. The smallest absolute Gasteiger partial charge is 0.161 e. The molecule has 0 aromatic heterocycles. The Hall–Kier alpha value is -2.40. The Morgan fingerprint density at radius 2 is 1.83 bits per heavy atom. The van der Waals surface area contributed by atoms with Crippen molar-refractivity contribution in [2.75, 3.05) is 27.4 Å². The topological polar surface area (TPSA) is 60.0 Å². The molecular weight excluding hydrogens is 306 g/mol. The first kappa shape index (κ1) is 16.5. The van der Waals surface area contributed by atoms with Crippen LogP contribution in [0.15, 0.2) is 30.3 Å². The average Bonchev–Trinajstić information content (AvgIpc) is 2.62. The Morgan fingerprint density at radius 3 is 2.54 bits per heavy atom. The SMILES string of the molecule is CCOc1cc(C2NCCc3cc(OC)c(OC)cc32)ccc1O. The summed E-state index contributed by atoms with van der Waals surface area (Å²) in [6, 6.07) is 9.58. The number of benzene rings is 2. The van der Waals surface area contributed by atoms with Crippen LogP contribution in [0.2, 0.25) is 0 Å². The molecule has 1 heterocycles. The van der Waals surface area contributed by atoms with Crippen molar-refractivity contribution in [2.24, 2.45) is 0 Å². The maximum Gasteiger partial charge on any atom is 0.161 e. The van der Waals surface area contributed by atoms with Crippen molar-refractivity contribution in [2.45, 2.75) is 19.4 Å². The molecule has 0 saturated heterocycles. The van der Waals surface area contributed by atoms with Crippen LogP contribution in [0.1, 0.15) is 29.7 Å². The Balaban J connectivity index is 2.04. The largest absolute Gasteiger partial charge is 0.504 e. The quantitative estimate of drug-likeness (QED) is 0.883. The lowest BCUT2D eigenvalue weighted by molar-refractivity contribution is 0.317. The summed E-state index contributed by atoms with van der Waals surface area (Å²) in [5.41, 5.74) is 3.44. The number of ether oxygens (including phenoxy) is 3. The lowest BCUT2D eigenvalue weighted by atomic mass is 9.89. The third kappa shape index (κ3) is 2.99. The maximum atomic E-state index is 9.93. The second-order valence-corrected chi connectivity index (χ2v) is 5.70. The van der Waals surface area contributed by atoms with Gasteiger partial charge >= 0.3 is 0 Å². The molecule has 2 N–H and O–H groups in total. The van der Waals surface area contributed by atoms with Gasteiger partial charge in [-0.3, -0.25) is 0 Å². The summed E-state index contributed by atoms with van der Waals surface area (Å²) in [5.74, 6) is 2.12. The molecule has 0 spiro atoms. The van der Waals surface area contributed by atoms with Crippen LogP contribution >= 0.6 is 0 Å². The van der Waals surface area contributed by atoms with Gasteiger partial charge in [0.05, 0.1) is 26.9 Å². The highest BCUT2D eigenvalue weighted by Crippen LogP contribution is 2.39. The number of hydrogen-bond donors (Lipinski definition) is 2. The zero-order chi connectivity index (χ0) is 17.1. The summed E-state index contributed by atoms with van der Waals surface area (Å²) >= 11 is 0. The first-order valence-electron chi connectivity index (χ1n) is 8.11. The van der Waals surface area contributed by atoms with E-state index in [1.807, 2.05) is 31.2 Å². The number of aromatic hydroxyl groups is 1. The minimum Gasteiger partial charge on any atom is -0.504 e. The number of methoxy groups -OCH3 is 2. The first-order chi connectivity index (χ1) is 11.7. The zero-order valence-electron chi connectivity index (χ0n) is 14.3. The molecule has 0 fully saturated rings. The maximum absolute atomic E-state index is 9.93. The van der Waals surface area contributed by atoms with E-state index < -0.39 is 0 Å². The van der Waals surface area contributed by atoms with E-state index >= 15 is 0 Å². The molecule has 0 aliphatic carbocycles. The molecule has 24 heavy (non-hydrogen) atoms. The molecule has 1 unspecified atom stereocenters. The monoisotopic (exact) mass is 329 g/mol. The predicted octanol–water partition coefficient (Wildman–Crippen LogP) is 3.04. The number of rotatable bonds is 5. The molecule has 2 aromatic carbocycles. The molecule has 0 bridgehead atoms. The fraction of sp³-hybridized carbons (Fsp3) is 0.368. The molecule has 1 atom stereocenters. The minimum absolute atomic E-state index is 0.0216. The van der Waals surface area contributed by atoms with Crippen LogP contribution in [-0.2, 0) is 6.42 Å². The number of nitrogens with one attached hydrogen (secondary N) is 1. The van der Waals surface area contributed by atoms with Crippen molar-refractivity contribution in [3.05, 3.63) is 47.0 Å². The molecule has 0 saturated carbocycles. The summed E-state index contributed by atoms with van der Waals surface area (Å²) < 4.78 is 16.4. The van der Waals surface area contributed by atoms with Crippen molar-refractivity contribution in [1.29, 1.82) is 0 Å². The molecule has 1 aliphatic heterocycles. The van der Waals surface area contributed by atoms with Crippen LogP contribution < -0.4 is 19.5 Å². The molecule has 5 nitrogen and oxygen atoms in total. The van der Waals surface area contributed by atoms with Crippen LogP contribution in [0.4, 0.5) is 0 Å². The van der Waals surface area contributed by atoms with Gasteiger partial charge in [0, 0.05) is 6.54 Å². The van der Waals surface area contributed by atoms with Gasteiger partial charge in [-0.05, 0) is 54.3 Å². The number of fused-ring (bicyclic) bond motifs is 1. The fourth-order valence-electron chi connectivity index (χ4n) is 3.16. The van der Waals surface area contributed by atoms with E-state index in [-0.39, 0.29) is 11.8 Å². The summed E-state index contributed by atoms with van der Waals surface area (Å²) in [6.07, 6.45) is 0.933. The highest BCUT2D eigenvalue weighted by molar-refractivity contribution is 5.53. The van der Waals surface area contributed by atoms with Gasteiger partial charge in [0.25, 0.3) is 0 Å². The van der Waals surface area contributed by atoms with Gasteiger partial charge in [-0.25, -0.2) is 0 Å². The summed E-state index contributed by atoms with van der Waals surface area (Å²) in [7, 11) is 3.29. The van der Waals surface area contributed by atoms with E-state index in [0.29, 0.717) is 18.1 Å². The normalized spacial score (nSPS) is 16.4. The van der Waals surface area contributed by atoms with Crippen LogP contribution in [0.3, 0.4) is 0 Å². The highest BCUT2D eigenvalue weighted by Gasteiger charge is 2.24. The lowest BCUT2D eigenvalue weighted by Gasteiger charge is -2.29. The van der Waals surface area contributed by atoms with Gasteiger partial charge in [-0.1, -0.05) is 6.07 Å². The standard InChI is InChI=1S/C19H23NO4/c1-4-24-16-10-13(5-6-15(16)21)19-14-11-18(23-3)17(22-2)9-12(14)7-8-20-19/h5-6,9-11,19-21H,4,7-8H2,1-3H3. The predicted molar refractivity (Wildman–Crippen MR) is 92.4 cm³/mol. The van der Waals surface area contributed by atoms with Gasteiger partial charge in [0.15, 0.2) is 23.0 Å². The molecule has 2 aromatic rings. The van der Waals surface area contributed by atoms with Crippen molar-refractivity contribution in [3.63, 3.8) is 0 Å². The van der Waals surface area contributed by atoms with Crippen LogP contribution in [0.5, 0.6) is 23.0 Å². The second-order valence-electron chi connectivity index (χ2n) is 5.70. The third-order valence-electron chi connectivity index (χ3n) is 4.32. The molecule has 0 amide bonds. The van der Waals surface area contributed by atoms with Gasteiger partial charge in [-0.15, -0.1) is 0 Å². The van der Waals surface area contributed by atoms with Gasteiger partial charge in [0.2, 0.25) is 0 Å². The van der Waals surface area contributed by atoms with Crippen molar-refractivity contribution in [1.82, 2.24) is 5.32 Å². The summed E-state index contributed by atoms with van der Waals surface area (Å²) in [5, 5.41) is 13.5. The van der Waals surface area contributed by atoms with E-state index in [0.717, 1.165) is 29.8 Å². The van der Waals surface area contributed by atoms with Gasteiger partial charge in [-0.2, -0.15) is 0 Å². The second kappa shape index (κ2) is 7.01. The average molecular weight is 329 g/mol. The Bertz CT molecular complexity index is 730. The summed E-state index contributed by atoms with van der Waals surface area (Å²) in [4.78, 5) is 0. The molecule has 0 radical (unpaired) electrons. The Morgan fingerprint density at radius 1 is 1.08 bits per heavy atom. The van der Waals surface area contributed by atoms with Gasteiger partial charge in [0.1, 0.15) is 0 Å². The number of phenols is 1. The highest BCUT2D eigenvalue weighted by atomic mass is 16.5. The first-order valence-corrected chi connectivity index (χ1v) is 8.11. The van der Waals surface area contributed by atoms with E-state index in [9.17, 15) is 5.11 Å². The van der Waals surface area contributed by atoms with Crippen LogP contribution in [0.25, 0.3) is 0 Å². The molecule has 128 valence electrons. The third-order valence-corrected chi connectivity index (χ3v) is 4.32. The zero-order valence-corrected chi connectivity index (χ0v) is 14.3.